The summed E-state index contributed by atoms with van der Waals surface area (Å²) in [6.45, 7) is 4.69. The van der Waals surface area contributed by atoms with Crippen LogP contribution in [0.3, 0.4) is 0 Å². The Kier molecular flexibility index (Phi) is 4.24. The van der Waals surface area contributed by atoms with Crippen molar-refractivity contribution in [2.75, 3.05) is 14.1 Å². The molecule has 1 fully saturated rings. The van der Waals surface area contributed by atoms with Crippen LogP contribution in [0.4, 0.5) is 0 Å². The lowest BCUT2D eigenvalue weighted by Crippen LogP contribution is -2.33. The Morgan fingerprint density at radius 1 is 1.23 bits per heavy atom. The zero-order valence-electron chi connectivity index (χ0n) is 9.71. The van der Waals surface area contributed by atoms with Crippen LogP contribution < -0.4 is 0 Å². The third-order valence-electron chi connectivity index (χ3n) is 3.29. The number of nitrogens with zero attached hydrogens (tertiary/aromatic N) is 1. The molecule has 13 heavy (non-hydrogen) atoms. The topological polar surface area (TPSA) is 3.24 Å². The zero-order chi connectivity index (χ0) is 9.84. The third-order valence-corrected chi connectivity index (χ3v) is 3.29. The highest BCUT2D eigenvalue weighted by Crippen LogP contribution is 2.30. The Balaban J connectivity index is 2.33. The van der Waals surface area contributed by atoms with E-state index < -0.39 is 0 Å². The normalized spacial score (nSPS) is 30.0. The van der Waals surface area contributed by atoms with Crippen LogP contribution in [-0.4, -0.2) is 25.0 Å². The minimum Gasteiger partial charge on any atom is -0.306 e. The Morgan fingerprint density at radius 3 is 2.46 bits per heavy atom. The van der Waals surface area contributed by atoms with E-state index in [9.17, 15) is 0 Å². The summed E-state index contributed by atoms with van der Waals surface area (Å²) in [4.78, 5) is 2.41. The van der Waals surface area contributed by atoms with Crippen LogP contribution >= 0.6 is 0 Å². The maximum Gasteiger partial charge on any atom is 0.00918 e. The monoisotopic (exact) mass is 183 g/mol. The van der Waals surface area contributed by atoms with Crippen molar-refractivity contribution in [3.63, 3.8) is 0 Å². The van der Waals surface area contributed by atoms with E-state index in [0.717, 1.165) is 17.9 Å². The summed E-state index contributed by atoms with van der Waals surface area (Å²) < 4.78 is 0. The zero-order valence-corrected chi connectivity index (χ0v) is 9.71. The minimum absolute atomic E-state index is 0.859. The van der Waals surface area contributed by atoms with Crippen molar-refractivity contribution in [3.8, 4) is 0 Å². The molecule has 0 aromatic heterocycles. The maximum atomic E-state index is 2.41. The number of hydrogen-bond donors (Lipinski definition) is 0. The molecule has 0 spiro atoms. The summed E-state index contributed by atoms with van der Waals surface area (Å²) in [5.74, 6) is 1.88. The highest BCUT2D eigenvalue weighted by Gasteiger charge is 2.23. The quantitative estimate of drug-likeness (QED) is 0.649. The van der Waals surface area contributed by atoms with Crippen molar-refractivity contribution >= 4 is 0 Å². The fourth-order valence-corrected chi connectivity index (χ4v) is 2.61. The highest BCUT2D eigenvalue weighted by molar-refractivity contribution is 4.78. The molecule has 0 aliphatic heterocycles. The fourth-order valence-electron chi connectivity index (χ4n) is 2.61. The largest absolute Gasteiger partial charge is 0.306 e. The molecule has 0 heterocycles. The van der Waals surface area contributed by atoms with Gasteiger partial charge in [-0.3, -0.25) is 0 Å². The summed E-state index contributed by atoms with van der Waals surface area (Å²) in [6, 6.07) is 0.859. The van der Waals surface area contributed by atoms with E-state index in [4.69, 9.17) is 0 Å². The van der Waals surface area contributed by atoms with Gasteiger partial charge in [-0.05, 0) is 45.2 Å². The molecule has 0 unspecified atom stereocenters. The van der Waals surface area contributed by atoms with Crippen molar-refractivity contribution < 1.29 is 0 Å². The molecular weight excluding hydrogens is 158 g/mol. The molecule has 78 valence electrons. The summed E-state index contributed by atoms with van der Waals surface area (Å²) >= 11 is 0. The molecule has 0 aromatic rings. The van der Waals surface area contributed by atoms with Crippen molar-refractivity contribution in [1.29, 1.82) is 0 Å². The van der Waals surface area contributed by atoms with Crippen LogP contribution in [0, 0.1) is 11.8 Å². The van der Waals surface area contributed by atoms with Crippen LogP contribution in [0.1, 0.15) is 46.0 Å². The van der Waals surface area contributed by atoms with Gasteiger partial charge >= 0.3 is 0 Å². The van der Waals surface area contributed by atoms with Crippen LogP contribution in [0.15, 0.2) is 0 Å². The van der Waals surface area contributed by atoms with Gasteiger partial charge in [0.1, 0.15) is 0 Å². The predicted octanol–water partition coefficient (Wildman–Crippen LogP) is 3.15. The van der Waals surface area contributed by atoms with Crippen molar-refractivity contribution in [3.05, 3.63) is 0 Å². The molecule has 2 atom stereocenters. The van der Waals surface area contributed by atoms with E-state index in [1.165, 1.54) is 32.1 Å². The average Bonchev–Trinajstić information content (AvgIpc) is 2.03. The molecule has 1 heteroatoms. The van der Waals surface area contributed by atoms with Crippen LogP contribution in [0.2, 0.25) is 0 Å². The first-order valence-electron chi connectivity index (χ1n) is 5.76. The van der Waals surface area contributed by atoms with Crippen molar-refractivity contribution in [2.24, 2.45) is 11.8 Å². The lowest BCUT2D eigenvalue weighted by molar-refractivity contribution is 0.171. The molecule has 0 amide bonds. The molecule has 0 radical (unpaired) electrons. The number of rotatable bonds is 3. The molecule has 0 saturated heterocycles. The standard InChI is InChI=1S/C12H25N/c1-10(2)8-11-6-5-7-12(9-11)13(3)4/h10-12H,5-9H2,1-4H3/t11-,12-/m1/s1. The first-order valence-corrected chi connectivity index (χ1v) is 5.76. The molecule has 1 saturated carbocycles. The van der Waals surface area contributed by atoms with E-state index in [1.54, 1.807) is 0 Å². The van der Waals surface area contributed by atoms with Gasteiger partial charge in [0.15, 0.2) is 0 Å². The second kappa shape index (κ2) is 4.99. The minimum atomic E-state index is 0.859. The van der Waals surface area contributed by atoms with E-state index in [2.05, 4.69) is 32.8 Å². The molecule has 1 rings (SSSR count). The smallest absolute Gasteiger partial charge is 0.00918 e. The van der Waals surface area contributed by atoms with Gasteiger partial charge in [-0.25, -0.2) is 0 Å². The molecule has 1 aliphatic carbocycles. The third kappa shape index (κ3) is 3.68. The maximum absolute atomic E-state index is 2.41. The molecule has 0 N–H and O–H groups in total. The summed E-state index contributed by atoms with van der Waals surface area (Å²) in [5, 5.41) is 0. The van der Waals surface area contributed by atoms with Gasteiger partial charge in [0.25, 0.3) is 0 Å². The van der Waals surface area contributed by atoms with Crippen LogP contribution in [-0.2, 0) is 0 Å². The van der Waals surface area contributed by atoms with E-state index in [0.29, 0.717) is 0 Å². The Bertz CT molecular complexity index is 140. The predicted molar refractivity (Wildman–Crippen MR) is 58.9 cm³/mol. The second-order valence-corrected chi connectivity index (χ2v) is 5.28. The van der Waals surface area contributed by atoms with Crippen molar-refractivity contribution in [1.82, 2.24) is 4.90 Å². The van der Waals surface area contributed by atoms with Gasteiger partial charge in [0.05, 0.1) is 0 Å². The number of hydrogen-bond acceptors (Lipinski definition) is 1. The van der Waals surface area contributed by atoms with E-state index in [-0.39, 0.29) is 0 Å². The van der Waals surface area contributed by atoms with Gasteiger partial charge in [0.2, 0.25) is 0 Å². The molecule has 1 aliphatic rings. The Labute approximate surface area is 83.5 Å². The summed E-state index contributed by atoms with van der Waals surface area (Å²) in [7, 11) is 4.45. The highest BCUT2D eigenvalue weighted by atomic mass is 15.1. The molecule has 0 aromatic carbocycles. The van der Waals surface area contributed by atoms with Crippen LogP contribution in [0.5, 0.6) is 0 Å². The first kappa shape index (κ1) is 11.0. The van der Waals surface area contributed by atoms with Crippen LogP contribution in [0.25, 0.3) is 0 Å². The van der Waals surface area contributed by atoms with E-state index >= 15 is 0 Å². The van der Waals surface area contributed by atoms with Gasteiger partial charge in [-0.2, -0.15) is 0 Å². The fraction of sp³-hybridized carbons (Fsp3) is 1.00. The Hall–Kier alpha value is -0.0400. The summed E-state index contributed by atoms with van der Waals surface area (Å²) in [5.41, 5.74) is 0. The van der Waals surface area contributed by atoms with E-state index in [1.807, 2.05) is 0 Å². The lowest BCUT2D eigenvalue weighted by atomic mass is 9.81. The second-order valence-electron chi connectivity index (χ2n) is 5.28. The SMILES string of the molecule is CC(C)C[C@H]1CCC[C@@H](N(C)C)C1. The van der Waals surface area contributed by atoms with Gasteiger partial charge < -0.3 is 4.90 Å². The van der Waals surface area contributed by atoms with Gasteiger partial charge in [-0.15, -0.1) is 0 Å². The van der Waals surface area contributed by atoms with Gasteiger partial charge in [0, 0.05) is 6.04 Å². The van der Waals surface area contributed by atoms with Gasteiger partial charge in [-0.1, -0.05) is 26.7 Å². The molecule has 0 bridgehead atoms. The Morgan fingerprint density at radius 2 is 1.92 bits per heavy atom. The van der Waals surface area contributed by atoms with Crippen molar-refractivity contribution in [2.45, 2.75) is 52.0 Å². The summed E-state index contributed by atoms with van der Waals surface area (Å²) in [6.07, 6.45) is 7.21. The molecular formula is C12H25N. The lowest BCUT2D eigenvalue weighted by Gasteiger charge is -2.34. The molecule has 1 nitrogen and oxygen atoms in total. The first-order chi connectivity index (χ1) is 6.09. The average molecular weight is 183 g/mol.